The summed E-state index contributed by atoms with van der Waals surface area (Å²) in [6.45, 7) is 9.19. The quantitative estimate of drug-likeness (QED) is 0.791. The van der Waals surface area contributed by atoms with Crippen LogP contribution in [0.2, 0.25) is 0 Å². The lowest BCUT2D eigenvalue weighted by molar-refractivity contribution is 0.215. The van der Waals surface area contributed by atoms with Gasteiger partial charge in [0, 0.05) is 19.2 Å². The van der Waals surface area contributed by atoms with Crippen molar-refractivity contribution in [2.24, 2.45) is 0 Å². The van der Waals surface area contributed by atoms with Gasteiger partial charge in [0.1, 0.15) is 18.0 Å². The van der Waals surface area contributed by atoms with Crippen LogP contribution in [0.4, 0.5) is 11.6 Å². The van der Waals surface area contributed by atoms with Crippen molar-refractivity contribution in [3.63, 3.8) is 0 Å². The Labute approximate surface area is 116 Å². The molecule has 0 saturated heterocycles. The molecule has 0 fully saturated rings. The zero-order valence-electron chi connectivity index (χ0n) is 12.7. The summed E-state index contributed by atoms with van der Waals surface area (Å²) in [6, 6.07) is 0. The van der Waals surface area contributed by atoms with E-state index in [1.165, 1.54) is 0 Å². The van der Waals surface area contributed by atoms with Crippen molar-refractivity contribution in [1.82, 2.24) is 9.97 Å². The molecule has 0 bridgehead atoms. The van der Waals surface area contributed by atoms with Gasteiger partial charge in [0.2, 0.25) is 0 Å². The lowest BCUT2D eigenvalue weighted by Gasteiger charge is -2.36. The van der Waals surface area contributed by atoms with Crippen molar-refractivity contribution in [2.75, 3.05) is 30.4 Å². The first kappa shape index (κ1) is 15.7. The number of aromatic nitrogens is 2. The van der Waals surface area contributed by atoms with Crippen molar-refractivity contribution < 1.29 is 5.11 Å². The largest absolute Gasteiger partial charge is 0.394 e. The molecule has 0 amide bonds. The number of rotatable bonds is 7. The van der Waals surface area contributed by atoms with Gasteiger partial charge in [-0.15, -0.1) is 0 Å². The van der Waals surface area contributed by atoms with Crippen molar-refractivity contribution >= 4 is 11.6 Å². The lowest BCUT2D eigenvalue weighted by Crippen LogP contribution is -2.45. The normalized spacial score (nSPS) is 11.5. The standard InChI is InChI=1S/C14H26N4O/c1-6-8-15-12-11(7-2)13(17-10-16-12)18(5)14(3,4)9-19/h10,19H,6-9H2,1-5H3,(H,15,16,17). The SMILES string of the molecule is CCCNc1ncnc(N(C)C(C)(C)CO)c1CC. The van der Waals surface area contributed by atoms with Crippen molar-refractivity contribution in [3.8, 4) is 0 Å². The van der Waals surface area contributed by atoms with E-state index in [4.69, 9.17) is 0 Å². The highest BCUT2D eigenvalue weighted by Crippen LogP contribution is 2.27. The summed E-state index contributed by atoms with van der Waals surface area (Å²) < 4.78 is 0. The second kappa shape index (κ2) is 6.70. The van der Waals surface area contributed by atoms with E-state index in [1.807, 2.05) is 25.8 Å². The molecule has 1 heterocycles. The fraction of sp³-hybridized carbons (Fsp3) is 0.714. The van der Waals surface area contributed by atoms with Gasteiger partial charge in [-0.05, 0) is 26.7 Å². The zero-order valence-corrected chi connectivity index (χ0v) is 12.7. The predicted octanol–water partition coefficient (Wildman–Crippen LogP) is 2.07. The molecule has 0 saturated carbocycles. The second-order valence-corrected chi connectivity index (χ2v) is 5.33. The molecule has 0 aliphatic rings. The number of nitrogens with one attached hydrogen (secondary N) is 1. The van der Waals surface area contributed by atoms with E-state index < -0.39 is 0 Å². The summed E-state index contributed by atoms with van der Waals surface area (Å²) >= 11 is 0. The Morgan fingerprint density at radius 3 is 2.53 bits per heavy atom. The van der Waals surface area contributed by atoms with Crippen LogP contribution in [0.5, 0.6) is 0 Å². The van der Waals surface area contributed by atoms with Gasteiger partial charge in [-0.1, -0.05) is 13.8 Å². The summed E-state index contributed by atoms with van der Waals surface area (Å²) in [5.41, 5.74) is 0.750. The molecular formula is C14H26N4O. The first-order chi connectivity index (χ1) is 8.97. The minimum atomic E-state index is -0.347. The van der Waals surface area contributed by atoms with Crippen LogP contribution in [0.25, 0.3) is 0 Å². The molecule has 5 nitrogen and oxygen atoms in total. The molecule has 19 heavy (non-hydrogen) atoms. The van der Waals surface area contributed by atoms with E-state index in [0.717, 1.165) is 36.6 Å². The number of aliphatic hydroxyl groups excluding tert-OH is 1. The van der Waals surface area contributed by atoms with Gasteiger partial charge in [0.05, 0.1) is 12.1 Å². The number of anilines is 2. The molecule has 108 valence electrons. The zero-order chi connectivity index (χ0) is 14.5. The summed E-state index contributed by atoms with van der Waals surface area (Å²) in [4.78, 5) is 10.7. The summed E-state index contributed by atoms with van der Waals surface area (Å²) in [5, 5.41) is 12.8. The van der Waals surface area contributed by atoms with Crippen LogP contribution in [-0.2, 0) is 6.42 Å². The van der Waals surface area contributed by atoms with Crippen LogP contribution in [0.1, 0.15) is 39.7 Å². The fourth-order valence-corrected chi connectivity index (χ4v) is 1.81. The summed E-state index contributed by atoms with van der Waals surface area (Å²) in [7, 11) is 1.96. The van der Waals surface area contributed by atoms with Gasteiger partial charge in [0.15, 0.2) is 0 Å². The Kier molecular flexibility index (Phi) is 5.54. The molecular weight excluding hydrogens is 240 g/mol. The van der Waals surface area contributed by atoms with E-state index in [1.54, 1.807) is 6.33 Å². The van der Waals surface area contributed by atoms with Gasteiger partial charge in [0.25, 0.3) is 0 Å². The number of hydrogen-bond acceptors (Lipinski definition) is 5. The number of nitrogens with zero attached hydrogens (tertiary/aromatic N) is 3. The summed E-state index contributed by atoms with van der Waals surface area (Å²) in [6.07, 6.45) is 3.49. The van der Waals surface area contributed by atoms with Gasteiger partial charge in [-0.2, -0.15) is 0 Å². The fourth-order valence-electron chi connectivity index (χ4n) is 1.81. The number of aliphatic hydroxyl groups is 1. The molecule has 0 aromatic carbocycles. The van der Waals surface area contributed by atoms with Crippen LogP contribution in [0, 0.1) is 0 Å². The maximum atomic E-state index is 9.50. The van der Waals surface area contributed by atoms with E-state index in [2.05, 4.69) is 29.1 Å². The molecule has 0 atom stereocenters. The highest BCUT2D eigenvalue weighted by atomic mass is 16.3. The van der Waals surface area contributed by atoms with Crippen LogP contribution in [-0.4, -0.2) is 40.8 Å². The average molecular weight is 266 g/mol. The third-order valence-corrected chi connectivity index (χ3v) is 3.43. The molecule has 0 radical (unpaired) electrons. The highest BCUT2D eigenvalue weighted by molar-refractivity contribution is 5.59. The van der Waals surface area contributed by atoms with Crippen LogP contribution in [0.15, 0.2) is 6.33 Å². The molecule has 0 aliphatic carbocycles. The Morgan fingerprint density at radius 2 is 2.00 bits per heavy atom. The smallest absolute Gasteiger partial charge is 0.137 e. The molecule has 1 aromatic heterocycles. The van der Waals surface area contributed by atoms with Gasteiger partial charge in [-0.3, -0.25) is 0 Å². The third-order valence-electron chi connectivity index (χ3n) is 3.43. The van der Waals surface area contributed by atoms with E-state index in [-0.39, 0.29) is 12.1 Å². The Hall–Kier alpha value is -1.36. The molecule has 2 N–H and O–H groups in total. The lowest BCUT2D eigenvalue weighted by atomic mass is 10.0. The number of likely N-dealkylation sites (N-methyl/N-ethyl adjacent to an activating group) is 1. The second-order valence-electron chi connectivity index (χ2n) is 5.33. The molecule has 0 aliphatic heterocycles. The first-order valence-electron chi connectivity index (χ1n) is 6.90. The van der Waals surface area contributed by atoms with Crippen molar-refractivity contribution in [2.45, 2.75) is 46.1 Å². The van der Waals surface area contributed by atoms with Gasteiger partial charge < -0.3 is 15.3 Å². The van der Waals surface area contributed by atoms with Crippen LogP contribution >= 0.6 is 0 Å². The molecule has 0 spiro atoms. The molecule has 1 aromatic rings. The van der Waals surface area contributed by atoms with Gasteiger partial charge in [-0.25, -0.2) is 9.97 Å². The van der Waals surface area contributed by atoms with E-state index >= 15 is 0 Å². The average Bonchev–Trinajstić information content (AvgIpc) is 2.43. The monoisotopic (exact) mass is 266 g/mol. The third kappa shape index (κ3) is 3.56. The predicted molar refractivity (Wildman–Crippen MR) is 79.8 cm³/mol. The number of hydrogen-bond donors (Lipinski definition) is 2. The maximum absolute atomic E-state index is 9.50. The highest BCUT2D eigenvalue weighted by Gasteiger charge is 2.26. The topological polar surface area (TPSA) is 61.3 Å². The first-order valence-corrected chi connectivity index (χ1v) is 6.90. The minimum Gasteiger partial charge on any atom is -0.394 e. The van der Waals surface area contributed by atoms with Crippen LogP contribution in [0.3, 0.4) is 0 Å². The molecule has 1 rings (SSSR count). The Balaban J connectivity index is 3.13. The van der Waals surface area contributed by atoms with E-state index in [9.17, 15) is 5.11 Å². The summed E-state index contributed by atoms with van der Waals surface area (Å²) in [5.74, 6) is 1.78. The van der Waals surface area contributed by atoms with Crippen molar-refractivity contribution in [3.05, 3.63) is 11.9 Å². The Bertz CT molecular complexity index is 406. The molecule has 0 unspecified atom stereocenters. The maximum Gasteiger partial charge on any atom is 0.137 e. The van der Waals surface area contributed by atoms with Crippen LogP contribution < -0.4 is 10.2 Å². The van der Waals surface area contributed by atoms with Crippen molar-refractivity contribution in [1.29, 1.82) is 0 Å². The van der Waals surface area contributed by atoms with E-state index in [0.29, 0.717) is 0 Å². The molecule has 5 heteroatoms. The van der Waals surface area contributed by atoms with Gasteiger partial charge >= 0.3 is 0 Å². The Morgan fingerprint density at radius 1 is 1.32 bits per heavy atom. The minimum absolute atomic E-state index is 0.0778.